The van der Waals surface area contributed by atoms with Gasteiger partial charge < -0.3 is 0 Å². The Kier molecular flexibility index (Phi) is 4.89. The predicted molar refractivity (Wildman–Crippen MR) is 110 cm³/mol. The average molecular weight is 400 g/mol. The molecule has 148 valence electrons. The number of imidazole rings is 1. The molecule has 0 aliphatic carbocycles. The van der Waals surface area contributed by atoms with Crippen LogP contribution in [-0.2, 0) is 30.5 Å². The fourth-order valence-electron chi connectivity index (χ4n) is 4.10. The summed E-state index contributed by atoms with van der Waals surface area (Å²) in [4.78, 5) is 12.4. The average Bonchev–Trinajstić information content (AvgIpc) is 2.93. The molecule has 0 spiro atoms. The van der Waals surface area contributed by atoms with Crippen LogP contribution in [-0.4, -0.2) is 34.9 Å². The molecular weight excluding hydrogens is 374 g/mol. The van der Waals surface area contributed by atoms with E-state index in [0.717, 1.165) is 24.8 Å². The standard InChI is InChI=1S/C21H25N3O3S/c1-22-19-9-8-18(15-20(19)23(2)21(22)25)28(26,27)24-12-10-17(11-13-24)14-16-6-4-3-5-7-16/h3-9,15,17H,10-14H2,1-2H3. The minimum Gasteiger partial charge on any atom is -0.295 e. The van der Waals surface area contributed by atoms with Crippen molar-refractivity contribution >= 4 is 21.1 Å². The van der Waals surface area contributed by atoms with Crippen LogP contribution in [0, 0.1) is 5.92 Å². The number of benzene rings is 2. The molecule has 7 heteroatoms. The number of nitrogens with zero attached hydrogens (tertiary/aromatic N) is 3. The summed E-state index contributed by atoms with van der Waals surface area (Å²) >= 11 is 0. The van der Waals surface area contributed by atoms with E-state index in [1.54, 1.807) is 36.6 Å². The third kappa shape index (κ3) is 3.29. The number of aromatic nitrogens is 2. The number of hydrogen-bond acceptors (Lipinski definition) is 3. The Hall–Kier alpha value is -2.38. The zero-order valence-corrected chi connectivity index (χ0v) is 17.0. The number of hydrogen-bond donors (Lipinski definition) is 0. The van der Waals surface area contributed by atoms with Gasteiger partial charge in [-0.25, -0.2) is 13.2 Å². The van der Waals surface area contributed by atoms with E-state index in [1.165, 1.54) is 14.7 Å². The monoisotopic (exact) mass is 399 g/mol. The number of piperidine rings is 1. The van der Waals surface area contributed by atoms with Gasteiger partial charge in [0.25, 0.3) is 0 Å². The van der Waals surface area contributed by atoms with Crippen LogP contribution >= 0.6 is 0 Å². The van der Waals surface area contributed by atoms with Crippen LogP contribution in [0.25, 0.3) is 11.0 Å². The van der Waals surface area contributed by atoms with Crippen molar-refractivity contribution in [3.05, 3.63) is 64.6 Å². The minimum absolute atomic E-state index is 0.161. The molecule has 1 fully saturated rings. The van der Waals surface area contributed by atoms with E-state index >= 15 is 0 Å². The summed E-state index contributed by atoms with van der Waals surface area (Å²) in [5, 5.41) is 0. The Morgan fingerprint density at radius 3 is 2.25 bits per heavy atom. The van der Waals surface area contributed by atoms with Crippen molar-refractivity contribution < 1.29 is 8.42 Å². The molecule has 3 aromatic rings. The van der Waals surface area contributed by atoms with E-state index in [9.17, 15) is 13.2 Å². The van der Waals surface area contributed by atoms with Gasteiger partial charge in [0.2, 0.25) is 10.0 Å². The highest BCUT2D eigenvalue weighted by Gasteiger charge is 2.30. The molecule has 0 unspecified atom stereocenters. The summed E-state index contributed by atoms with van der Waals surface area (Å²) in [5.74, 6) is 0.506. The van der Waals surface area contributed by atoms with Crippen molar-refractivity contribution in [3.63, 3.8) is 0 Å². The first-order chi connectivity index (χ1) is 13.4. The maximum atomic E-state index is 13.1. The molecule has 1 saturated heterocycles. The number of fused-ring (bicyclic) bond motifs is 1. The van der Waals surface area contributed by atoms with Gasteiger partial charge in [-0.3, -0.25) is 9.13 Å². The van der Waals surface area contributed by atoms with Crippen molar-refractivity contribution in [1.82, 2.24) is 13.4 Å². The first-order valence-electron chi connectivity index (χ1n) is 9.57. The zero-order valence-electron chi connectivity index (χ0n) is 16.2. The molecule has 1 aliphatic rings. The molecule has 0 atom stereocenters. The maximum absolute atomic E-state index is 13.1. The van der Waals surface area contributed by atoms with E-state index in [1.807, 2.05) is 18.2 Å². The van der Waals surface area contributed by atoms with Gasteiger partial charge in [-0.2, -0.15) is 4.31 Å². The van der Waals surface area contributed by atoms with Gasteiger partial charge in [0.05, 0.1) is 15.9 Å². The van der Waals surface area contributed by atoms with E-state index in [4.69, 9.17) is 0 Å². The SMILES string of the molecule is Cn1c(=O)n(C)c2cc(S(=O)(=O)N3CCC(Cc4ccccc4)CC3)ccc21. The van der Waals surface area contributed by atoms with E-state index < -0.39 is 10.0 Å². The van der Waals surface area contributed by atoms with Crippen LogP contribution in [0.3, 0.4) is 0 Å². The smallest absolute Gasteiger partial charge is 0.295 e. The van der Waals surface area contributed by atoms with Crippen molar-refractivity contribution in [2.24, 2.45) is 20.0 Å². The Bertz CT molecular complexity index is 1150. The van der Waals surface area contributed by atoms with Gasteiger partial charge in [0, 0.05) is 27.2 Å². The highest BCUT2D eigenvalue weighted by atomic mass is 32.2. The van der Waals surface area contributed by atoms with Crippen LogP contribution < -0.4 is 5.69 Å². The normalized spacial score (nSPS) is 16.6. The van der Waals surface area contributed by atoms with Crippen LogP contribution in [0.15, 0.2) is 58.2 Å². The summed E-state index contributed by atoms with van der Waals surface area (Å²) < 4.78 is 30.9. The summed E-state index contributed by atoms with van der Waals surface area (Å²) in [7, 11) is -0.208. The van der Waals surface area contributed by atoms with Gasteiger partial charge in [0.1, 0.15) is 0 Å². The van der Waals surface area contributed by atoms with Crippen LogP contribution in [0.1, 0.15) is 18.4 Å². The Morgan fingerprint density at radius 1 is 0.929 bits per heavy atom. The van der Waals surface area contributed by atoms with E-state index in [-0.39, 0.29) is 10.6 Å². The summed E-state index contributed by atoms with van der Waals surface area (Å²) in [5.41, 5.74) is 2.51. The lowest BCUT2D eigenvalue weighted by molar-refractivity contribution is 0.273. The quantitative estimate of drug-likeness (QED) is 0.677. The van der Waals surface area contributed by atoms with Gasteiger partial charge in [0.15, 0.2) is 0 Å². The zero-order chi connectivity index (χ0) is 19.9. The lowest BCUT2D eigenvalue weighted by atomic mass is 9.91. The highest BCUT2D eigenvalue weighted by Crippen LogP contribution is 2.27. The fraction of sp³-hybridized carbons (Fsp3) is 0.381. The summed E-state index contributed by atoms with van der Waals surface area (Å²) in [6.45, 7) is 1.07. The molecule has 6 nitrogen and oxygen atoms in total. The Balaban J connectivity index is 1.52. The predicted octanol–water partition coefficient (Wildman–Crippen LogP) is 2.52. The van der Waals surface area contributed by atoms with E-state index in [0.29, 0.717) is 24.5 Å². The van der Waals surface area contributed by atoms with Crippen molar-refractivity contribution in [3.8, 4) is 0 Å². The number of rotatable bonds is 4. The number of aryl methyl sites for hydroxylation is 2. The first kappa shape index (κ1) is 19.0. The lowest BCUT2D eigenvalue weighted by Crippen LogP contribution is -2.38. The van der Waals surface area contributed by atoms with Crippen LogP contribution in [0.5, 0.6) is 0 Å². The van der Waals surface area contributed by atoms with Gasteiger partial charge in [-0.1, -0.05) is 30.3 Å². The molecule has 1 aliphatic heterocycles. The second-order valence-corrected chi connectivity index (χ2v) is 9.53. The highest BCUT2D eigenvalue weighted by molar-refractivity contribution is 7.89. The van der Waals surface area contributed by atoms with Gasteiger partial charge in [-0.05, 0) is 48.9 Å². The Morgan fingerprint density at radius 2 is 1.57 bits per heavy atom. The maximum Gasteiger partial charge on any atom is 0.328 e. The fourth-order valence-corrected chi connectivity index (χ4v) is 5.59. The summed E-state index contributed by atoms with van der Waals surface area (Å²) in [6, 6.07) is 15.3. The van der Waals surface area contributed by atoms with Crippen molar-refractivity contribution in [2.45, 2.75) is 24.2 Å². The second kappa shape index (κ2) is 7.22. The topological polar surface area (TPSA) is 64.3 Å². The second-order valence-electron chi connectivity index (χ2n) is 7.59. The molecule has 0 N–H and O–H groups in total. The van der Waals surface area contributed by atoms with Crippen molar-refractivity contribution in [1.29, 1.82) is 0 Å². The molecule has 28 heavy (non-hydrogen) atoms. The molecule has 0 saturated carbocycles. The largest absolute Gasteiger partial charge is 0.328 e. The molecule has 2 aromatic carbocycles. The molecule has 4 rings (SSSR count). The lowest BCUT2D eigenvalue weighted by Gasteiger charge is -2.31. The molecule has 0 amide bonds. The number of sulfonamides is 1. The molecule has 0 bridgehead atoms. The molecule has 0 radical (unpaired) electrons. The third-order valence-corrected chi connectivity index (χ3v) is 7.72. The van der Waals surface area contributed by atoms with E-state index in [2.05, 4.69) is 12.1 Å². The third-order valence-electron chi connectivity index (χ3n) is 5.82. The summed E-state index contributed by atoms with van der Waals surface area (Å²) in [6.07, 6.45) is 2.72. The van der Waals surface area contributed by atoms with Crippen LogP contribution in [0.2, 0.25) is 0 Å². The first-order valence-corrected chi connectivity index (χ1v) is 11.0. The van der Waals surface area contributed by atoms with Crippen LogP contribution in [0.4, 0.5) is 0 Å². The molecule has 1 aromatic heterocycles. The van der Waals surface area contributed by atoms with Gasteiger partial charge >= 0.3 is 5.69 Å². The van der Waals surface area contributed by atoms with Gasteiger partial charge in [-0.15, -0.1) is 0 Å². The molecule has 2 heterocycles. The minimum atomic E-state index is -3.56. The molecular formula is C21H25N3O3S. The van der Waals surface area contributed by atoms with Crippen molar-refractivity contribution in [2.75, 3.05) is 13.1 Å². The Labute approximate surface area is 165 Å².